The number of benzene rings is 1. The molecular weight excluding hydrogens is 192 g/mol. The van der Waals surface area contributed by atoms with Gasteiger partial charge < -0.3 is 5.11 Å². The summed E-state index contributed by atoms with van der Waals surface area (Å²) in [6.45, 7) is 1.93. The highest BCUT2D eigenvalue weighted by Crippen LogP contribution is 2.18. The van der Waals surface area contributed by atoms with Crippen LogP contribution in [0.2, 0.25) is 0 Å². The minimum Gasteiger partial charge on any atom is -0.394 e. The number of ketones is 1. The van der Waals surface area contributed by atoms with Crippen LogP contribution < -0.4 is 0 Å². The van der Waals surface area contributed by atoms with Crippen molar-refractivity contribution in [1.82, 2.24) is 9.78 Å². The van der Waals surface area contributed by atoms with E-state index in [-0.39, 0.29) is 12.4 Å². The molecule has 4 nitrogen and oxygen atoms in total. The maximum atomic E-state index is 11.3. The predicted octanol–water partition coefficient (Wildman–Crippen LogP) is 1.23. The van der Waals surface area contributed by atoms with Gasteiger partial charge in [0.05, 0.1) is 18.7 Å². The lowest BCUT2D eigenvalue weighted by Crippen LogP contribution is -2.05. The van der Waals surface area contributed by atoms with Crippen molar-refractivity contribution in [2.75, 3.05) is 6.61 Å². The molecule has 2 aromatic rings. The van der Waals surface area contributed by atoms with Crippen LogP contribution in [0.5, 0.6) is 0 Å². The Morgan fingerprint density at radius 2 is 2.20 bits per heavy atom. The summed E-state index contributed by atoms with van der Waals surface area (Å²) in [5, 5.41) is 13.9. The molecule has 2 rings (SSSR count). The molecule has 0 bridgehead atoms. The number of rotatable bonds is 3. The first kappa shape index (κ1) is 9.86. The normalized spacial score (nSPS) is 10.8. The van der Waals surface area contributed by atoms with Crippen molar-refractivity contribution in [2.24, 2.45) is 0 Å². The standard InChI is InChI=1S/C11H12N2O2/c1-8(15)11-9-4-2-3-5-10(9)13(12-11)6-7-14/h2-5,14H,6-7H2,1H3. The van der Waals surface area contributed by atoms with Gasteiger partial charge in [0.25, 0.3) is 0 Å². The molecule has 1 heterocycles. The minimum atomic E-state index is -0.0529. The summed E-state index contributed by atoms with van der Waals surface area (Å²) in [6.07, 6.45) is 0. The summed E-state index contributed by atoms with van der Waals surface area (Å²) in [5.74, 6) is -0.0529. The number of aliphatic hydroxyl groups is 1. The number of carbonyl (C=O) groups excluding carboxylic acids is 1. The van der Waals surface area contributed by atoms with E-state index in [4.69, 9.17) is 5.11 Å². The molecule has 0 radical (unpaired) electrons. The maximum absolute atomic E-state index is 11.3. The largest absolute Gasteiger partial charge is 0.394 e. The van der Waals surface area contributed by atoms with Gasteiger partial charge in [-0.3, -0.25) is 9.48 Å². The third-order valence-corrected chi connectivity index (χ3v) is 2.30. The third kappa shape index (κ3) is 1.64. The molecule has 0 spiro atoms. The summed E-state index contributed by atoms with van der Waals surface area (Å²) in [6, 6.07) is 7.53. The predicted molar refractivity (Wildman–Crippen MR) is 56.8 cm³/mol. The van der Waals surface area contributed by atoms with E-state index in [1.165, 1.54) is 6.92 Å². The molecule has 0 atom stereocenters. The molecule has 1 aromatic heterocycles. The Kier molecular flexibility index (Phi) is 2.51. The van der Waals surface area contributed by atoms with Crippen molar-refractivity contribution in [3.8, 4) is 0 Å². The zero-order valence-electron chi connectivity index (χ0n) is 8.47. The van der Waals surface area contributed by atoms with Gasteiger partial charge in [-0.2, -0.15) is 5.10 Å². The van der Waals surface area contributed by atoms with Gasteiger partial charge in [-0.1, -0.05) is 18.2 Å². The Morgan fingerprint density at radius 1 is 1.47 bits per heavy atom. The van der Waals surface area contributed by atoms with Gasteiger partial charge >= 0.3 is 0 Å². The number of aliphatic hydroxyl groups excluding tert-OH is 1. The zero-order valence-corrected chi connectivity index (χ0v) is 8.47. The van der Waals surface area contributed by atoms with Gasteiger partial charge in [0.15, 0.2) is 5.78 Å². The first-order chi connectivity index (χ1) is 7.24. The van der Waals surface area contributed by atoms with Crippen molar-refractivity contribution in [2.45, 2.75) is 13.5 Å². The molecule has 0 unspecified atom stereocenters. The van der Waals surface area contributed by atoms with Crippen LogP contribution in [0.25, 0.3) is 10.9 Å². The third-order valence-electron chi connectivity index (χ3n) is 2.30. The minimum absolute atomic E-state index is 0.0169. The van der Waals surface area contributed by atoms with Crippen molar-refractivity contribution in [3.05, 3.63) is 30.0 Å². The molecule has 0 fully saturated rings. The summed E-state index contributed by atoms with van der Waals surface area (Å²) in [7, 11) is 0. The van der Waals surface area contributed by atoms with E-state index in [1.54, 1.807) is 4.68 Å². The van der Waals surface area contributed by atoms with Gasteiger partial charge in [0.1, 0.15) is 5.69 Å². The lowest BCUT2D eigenvalue weighted by Gasteiger charge is -1.98. The lowest BCUT2D eigenvalue weighted by atomic mass is 10.2. The fourth-order valence-corrected chi connectivity index (χ4v) is 1.65. The monoisotopic (exact) mass is 204 g/mol. The second-order valence-corrected chi connectivity index (χ2v) is 3.37. The van der Waals surface area contributed by atoms with Gasteiger partial charge in [-0.05, 0) is 6.07 Å². The summed E-state index contributed by atoms with van der Waals surface area (Å²) >= 11 is 0. The Balaban J connectivity index is 2.67. The van der Waals surface area contributed by atoms with E-state index in [0.717, 1.165) is 10.9 Å². The smallest absolute Gasteiger partial charge is 0.180 e. The molecule has 0 aliphatic rings. The van der Waals surface area contributed by atoms with E-state index in [1.807, 2.05) is 24.3 Å². The molecule has 1 N–H and O–H groups in total. The number of hydrogen-bond donors (Lipinski definition) is 1. The molecule has 0 aliphatic heterocycles. The van der Waals surface area contributed by atoms with E-state index < -0.39 is 0 Å². The average molecular weight is 204 g/mol. The Labute approximate surface area is 87.1 Å². The number of fused-ring (bicyclic) bond motifs is 1. The fraction of sp³-hybridized carbons (Fsp3) is 0.273. The average Bonchev–Trinajstić information content (AvgIpc) is 2.59. The van der Waals surface area contributed by atoms with E-state index >= 15 is 0 Å². The molecule has 0 aliphatic carbocycles. The zero-order chi connectivity index (χ0) is 10.8. The molecule has 0 amide bonds. The highest BCUT2D eigenvalue weighted by molar-refractivity contribution is 6.04. The second-order valence-electron chi connectivity index (χ2n) is 3.37. The topological polar surface area (TPSA) is 55.1 Å². The number of aromatic nitrogens is 2. The number of nitrogens with zero attached hydrogens (tertiary/aromatic N) is 2. The van der Waals surface area contributed by atoms with Crippen molar-refractivity contribution in [1.29, 1.82) is 0 Å². The van der Waals surface area contributed by atoms with E-state index in [2.05, 4.69) is 5.10 Å². The van der Waals surface area contributed by atoms with Gasteiger partial charge in [-0.15, -0.1) is 0 Å². The SMILES string of the molecule is CC(=O)c1nn(CCO)c2ccccc12. The van der Waals surface area contributed by atoms with Crippen LogP contribution in [0.3, 0.4) is 0 Å². The fourth-order valence-electron chi connectivity index (χ4n) is 1.65. The van der Waals surface area contributed by atoms with Gasteiger partial charge in [-0.25, -0.2) is 0 Å². The molecule has 1 aromatic carbocycles. The quantitative estimate of drug-likeness (QED) is 0.765. The van der Waals surface area contributed by atoms with Gasteiger partial charge in [0.2, 0.25) is 0 Å². The van der Waals surface area contributed by atoms with Crippen LogP contribution in [-0.4, -0.2) is 27.3 Å². The van der Waals surface area contributed by atoms with Crippen LogP contribution in [0, 0.1) is 0 Å². The van der Waals surface area contributed by atoms with Crippen LogP contribution in [0.15, 0.2) is 24.3 Å². The number of carbonyl (C=O) groups is 1. The highest BCUT2D eigenvalue weighted by atomic mass is 16.3. The number of Topliss-reactive ketones (excluding diaryl/α,β-unsaturated/α-hetero) is 1. The molecule has 78 valence electrons. The van der Waals surface area contributed by atoms with Crippen LogP contribution in [0.1, 0.15) is 17.4 Å². The van der Waals surface area contributed by atoms with Crippen LogP contribution >= 0.6 is 0 Å². The Bertz CT molecular complexity index is 502. The maximum Gasteiger partial charge on any atom is 0.180 e. The molecule has 0 saturated carbocycles. The lowest BCUT2D eigenvalue weighted by molar-refractivity contribution is 0.101. The molecular formula is C11H12N2O2. The summed E-state index contributed by atoms with van der Waals surface area (Å²) in [5.41, 5.74) is 1.36. The Hall–Kier alpha value is -1.68. The van der Waals surface area contributed by atoms with Crippen LogP contribution in [0.4, 0.5) is 0 Å². The van der Waals surface area contributed by atoms with Crippen molar-refractivity contribution >= 4 is 16.7 Å². The van der Waals surface area contributed by atoms with Crippen molar-refractivity contribution < 1.29 is 9.90 Å². The number of para-hydroxylation sites is 1. The summed E-state index contributed by atoms with van der Waals surface area (Å²) in [4.78, 5) is 11.3. The number of hydrogen-bond acceptors (Lipinski definition) is 3. The molecule has 0 saturated heterocycles. The second kappa shape index (κ2) is 3.82. The first-order valence-corrected chi connectivity index (χ1v) is 4.81. The van der Waals surface area contributed by atoms with E-state index in [0.29, 0.717) is 12.2 Å². The van der Waals surface area contributed by atoms with Gasteiger partial charge in [0, 0.05) is 12.3 Å². The first-order valence-electron chi connectivity index (χ1n) is 4.81. The summed E-state index contributed by atoms with van der Waals surface area (Å²) < 4.78 is 1.66. The van der Waals surface area contributed by atoms with Crippen molar-refractivity contribution in [3.63, 3.8) is 0 Å². The van der Waals surface area contributed by atoms with Crippen LogP contribution in [-0.2, 0) is 6.54 Å². The highest BCUT2D eigenvalue weighted by Gasteiger charge is 2.12. The molecule has 15 heavy (non-hydrogen) atoms. The Morgan fingerprint density at radius 3 is 2.87 bits per heavy atom. The van der Waals surface area contributed by atoms with E-state index in [9.17, 15) is 4.79 Å². The molecule has 4 heteroatoms.